The highest BCUT2D eigenvalue weighted by atomic mass is 16.5. The SMILES string of the molecule is Oc1ccc(-c2ccccc2)c(Oc2ccccc2)c1. The maximum atomic E-state index is 9.68. The van der Waals surface area contributed by atoms with E-state index >= 15 is 0 Å². The summed E-state index contributed by atoms with van der Waals surface area (Å²) in [5.74, 6) is 1.58. The van der Waals surface area contributed by atoms with Gasteiger partial charge in [-0.15, -0.1) is 0 Å². The average molecular weight is 262 g/mol. The van der Waals surface area contributed by atoms with Gasteiger partial charge in [-0.25, -0.2) is 0 Å². The maximum Gasteiger partial charge on any atom is 0.138 e. The molecule has 0 aliphatic heterocycles. The van der Waals surface area contributed by atoms with Crippen LogP contribution in [0.15, 0.2) is 78.9 Å². The minimum Gasteiger partial charge on any atom is -0.508 e. The fourth-order valence-electron chi connectivity index (χ4n) is 2.07. The fraction of sp³-hybridized carbons (Fsp3) is 0. The molecule has 98 valence electrons. The molecule has 0 aliphatic rings. The molecule has 3 aromatic carbocycles. The lowest BCUT2D eigenvalue weighted by atomic mass is 10.0. The molecule has 3 aromatic rings. The number of benzene rings is 3. The first-order chi connectivity index (χ1) is 9.83. The molecule has 0 amide bonds. The Morgan fingerprint density at radius 3 is 2.05 bits per heavy atom. The van der Waals surface area contributed by atoms with E-state index in [1.54, 1.807) is 12.1 Å². The van der Waals surface area contributed by atoms with Crippen molar-refractivity contribution in [2.24, 2.45) is 0 Å². The second kappa shape index (κ2) is 5.49. The monoisotopic (exact) mass is 262 g/mol. The molecule has 0 bridgehead atoms. The molecule has 0 heterocycles. The van der Waals surface area contributed by atoms with Crippen LogP contribution in [0.4, 0.5) is 0 Å². The molecule has 0 aromatic heterocycles. The predicted molar refractivity (Wildman–Crippen MR) is 80.1 cm³/mol. The number of hydrogen-bond acceptors (Lipinski definition) is 2. The van der Waals surface area contributed by atoms with Crippen molar-refractivity contribution in [2.45, 2.75) is 0 Å². The van der Waals surface area contributed by atoms with E-state index in [4.69, 9.17) is 4.74 Å². The van der Waals surface area contributed by atoms with Crippen LogP contribution in [-0.4, -0.2) is 5.11 Å². The molecule has 2 nitrogen and oxygen atoms in total. The van der Waals surface area contributed by atoms with Crippen LogP contribution in [0.1, 0.15) is 0 Å². The van der Waals surface area contributed by atoms with Crippen molar-refractivity contribution in [2.75, 3.05) is 0 Å². The molecular formula is C18H14O2. The van der Waals surface area contributed by atoms with Gasteiger partial charge in [-0.1, -0.05) is 48.5 Å². The Hall–Kier alpha value is -2.74. The van der Waals surface area contributed by atoms with Gasteiger partial charge in [0, 0.05) is 11.6 Å². The summed E-state index contributed by atoms with van der Waals surface area (Å²) in [6.45, 7) is 0. The van der Waals surface area contributed by atoms with E-state index in [0.717, 1.165) is 16.9 Å². The molecule has 2 heteroatoms. The normalized spacial score (nSPS) is 10.2. The number of phenols is 1. The van der Waals surface area contributed by atoms with Gasteiger partial charge in [0.15, 0.2) is 0 Å². The van der Waals surface area contributed by atoms with Crippen LogP contribution >= 0.6 is 0 Å². The Morgan fingerprint density at radius 2 is 1.35 bits per heavy atom. The molecule has 0 saturated carbocycles. The Kier molecular flexibility index (Phi) is 3.38. The van der Waals surface area contributed by atoms with Crippen LogP contribution in [0.3, 0.4) is 0 Å². The third kappa shape index (κ3) is 2.64. The Morgan fingerprint density at radius 1 is 0.700 bits per heavy atom. The minimum absolute atomic E-state index is 0.190. The lowest BCUT2D eigenvalue weighted by molar-refractivity contribution is 0.456. The van der Waals surface area contributed by atoms with Gasteiger partial charge in [0.1, 0.15) is 17.2 Å². The first kappa shape index (κ1) is 12.3. The lowest BCUT2D eigenvalue weighted by Gasteiger charge is -2.12. The Labute approximate surface area is 117 Å². The maximum absolute atomic E-state index is 9.68. The van der Waals surface area contributed by atoms with E-state index < -0.39 is 0 Å². The highest BCUT2D eigenvalue weighted by Crippen LogP contribution is 2.35. The molecular weight excluding hydrogens is 248 g/mol. The van der Waals surface area contributed by atoms with Gasteiger partial charge >= 0.3 is 0 Å². The van der Waals surface area contributed by atoms with Gasteiger partial charge in [-0.2, -0.15) is 0 Å². The quantitative estimate of drug-likeness (QED) is 0.731. The third-order valence-corrected chi connectivity index (χ3v) is 3.02. The van der Waals surface area contributed by atoms with Crippen molar-refractivity contribution in [1.82, 2.24) is 0 Å². The first-order valence-electron chi connectivity index (χ1n) is 6.44. The summed E-state index contributed by atoms with van der Waals surface area (Å²) in [5, 5.41) is 9.68. The second-order valence-electron chi connectivity index (χ2n) is 4.46. The Bertz CT molecular complexity index is 691. The summed E-state index contributed by atoms with van der Waals surface area (Å²) < 4.78 is 5.88. The van der Waals surface area contributed by atoms with Crippen molar-refractivity contribution in [3.8, 4) is 28.4 Å². The van der Waals surface area contributed by atoms with E-state index in [1.807, 2.05) is 66.7 Å². The van der Waals surface area contributed by atoms with Crippen LogP contribution in [-0.2, 0) is 0 Å². The summed E-state index contributed by atoms with van der Waals surface area (Å²) in [7, 11) is 0. The molecule has 0 radical (unpaired) electrons. The molecule has 0 atom stereocenters. The zero-order valence-electron chi connectivity index (χ0n) is 10.9. The number of rotatable bonds is 3. The van der Waals surface area contributed by atoms with E-state index in [0.29, 0.717) is 5.75 Å². The Balaban J connectivity index is 2.03. The summed E-state index contributed by atoms with van der Waals surface area (Å²) >= 11 is 0. The van der Waals surface area contributed by atoms with Gasteiger partial charge in [0.05, 0.1) is 0 Å². The van der Waals surface area contributed by atoms with Gasteiger partial charge < -0.3 is 9.84 Å². The number of hydrogen-bond donors (Lipinski definition) is 1. The number of phenolic OH excluding ortho intramolecular Hbond substituents is 1. The number of ether oxygens (including phenoxy) is 1. The summed E-state index contributed by atoms with van der Waals surface area (Å²) in [6, 6.07) is 24.7. The largest absolute Gasteiger partial charge is 0.508 e. The molecule has 0 aliphatic carbocycles. The fourth-order valence-corrected chi connectivity index (χ4v) is 2.07. The molecule has 0 spiro atoms. The van der Waals surface area contributed by atoms with E-state index in [9.17, 15) is 5.11 Å². The highest BCUT2D eigenvalue weighted by Gasteiger charge is 2.08. The zero-order chi connectivity index (χ0) is 13.8. The number of aromatic hydroxyl groups is 1. The van der Waals surface area contributed by atoms with Crippen LogP contribution in [0.25, 0.3) is 11.1 Å². The van der Waals surface area contributed by atoms with Crippen LogP contribution in [0.5, 0.6) is 17.2 Å². The van der Waals surface area contributed by atoms with Crippen molar-refractivity contribution in [1.29, 1.82) is 0 Å². The molecule has 3 rings (SSSR count). The van der Waals surface area contributed by atoms with Gasteiger partial charge in [0.2, 0.25) is 0 Å². The van der Waals surface area contributed by atoms with Gasteiger partial charge in [-0.05, 0) is 29.8 Å². The smallest absolute Gasteiger partial charge is 0.138 e. The summed E-state index contributed by atoms with van der Waals surface area (Å²) in [4.78, 5) is 0. The van der Waals surface area contributed by atoms with Crippen LogP contribution in [0, 0.1) is 0 Å². The molecule has 0 unspecified atom stereocenters. The van der Waals surface area contributed by atoms with Crippen LogP contribution in [0.2, 0.25) is 0 Å². The van der Waals surface area contributed by atoms with E-state index in [1.165, 1.54) is 0 Å². The predicted octanol–water partition coefficient (Wildman–Crippen LogP) is 4.85. The minimum atomic E-state index is 0.190. The van der Waals surface area contributed by atoms with E-state index in [2.05, 4.69) is 0 Å². The molecule has 1 N–H and O–H groups in total. The van der Waals surface area contributed by atoms with Crippen molar-refractivity contribution in [3.63, 3.8) is 0 Å². The highest BCUT2D eigenvalue weighted by molar-refractivity contribution is 5.71. The summed E-state index contributed by atoms with van der Waals surface area (Å²) in [5.41, 5.74) is 2.01. The standard InChI is InChI=1S/C18H14O2/c19-15-11-12-17(14-7-3-1-4-8-14)18(13-15)20-16-9-5-2-6-10-16/h1-13,19H. The van der Waals surface area contributed by atoms with Crippen molar-refractivity contribution in [3.05, 3.63) is 78.9 Å². The topological polar surface area (TPSA) is 29.5 Å². The lowest BCUT2D eigenvalue weighted by Crippen LogP contribution is -1.88. The molecule has 0 saturated heterocycles. The van der Waals surface area contributed by atoms with Crippen molar-refractivity contribution >= 4 is 0 Å². The molecule has 0 fully saturated rings. The van der Waals surface area contributed by atoms with Crippen LogP contribution < -0.4 is 4.74 Å². The second-order valence-corrected chi connectivity index (χ2v) is 4.46. The third-order valence-electron chi connectivity index (χ3n) is 3.02. The van der Waals surface area contributed by atoms with E-state index in [-0.39, 0.29) is 5.75 Å². The van der Waals surface area contributed by atoms with Gasteiger partial charge in [0.25, 0.3) is 0 Å². The number of para-hydroxylation sites is 1. The summed E-state index contributed by atoms with van der Waals surface area (Å²) in [6.07, 6.45) is 0. The first-order valence-corrected chi connectivity index (χ1v) is 6.44. The average Bonchev–Trinajstić information content (AvgIpc) is 2.49. The van der Waals surface area contributed by atoms with Crippen molar-refractivity contribution < 1.29 is 9.84 Å². The zero-order valence-corrected chi connectivity index (χ0v) is 10.9. The molecule has 20 heavy (non-hydrogen) atoms. The van der Waals surface area contributed by atoms with Gasteiger partial charge in [-0.3, -0.25) is 0 Å².